The fourth-order valence-electron chi connectivity index (χ4n) is 1.45. The van der Waals surface area contributed by atoms with Crippen molar-refractivity contribution < 1.29 is 14.3 Å². The van der Waals surface area contributed by atoms with Gasteiger partial charge in [-0.1, -0.05) is 23.7 Å². The molecule has 0 amide bonds. The topological polar surface area (TPSA) is 43.4 Å². The van der Waals surface area contributed by atoms with Crippen molar-refractivity contribution in [1.82, 2.24) is 0 Å². The number of esters is 1. The molecular formula is C15H19ClO3S. The number of hydrogen-bond acceptors (Lipinski definition) is 4. The van der Waals surface area contributed by atoms with Crippen molar-refractivity contribution >= 4 is 35.1 Å². The normalized spacial score (nSPS) is 11.2. The molecule has 1 aromatic rings. The van der Waals surface area contributed by atoms with Gasteiger partial charge in [-0.2, -0.15) is 0 Å². The lowest BCUT2D eigenvalue weighted by Gasteiger charge is -2.20. The molecule has 0 heterocycles. The summed E-state index contributed by atoms with van der Waals surface area (Å²) in [5.74, 6) is 0.419. The molecule has 1 rings (SSSR count). The van der Waals surface area contributed by atoms with Crippen LogP contribution in [-0.2, 0) is 20.1 Å². The van der Waals surface area contributed by atoms with Gasteiger partial charge in [0.05, 0.1) is 12.4 Å². The van der Waals surface area contributed by atoms with E-state index in [-0.39, 0.29) is 18.1 Å². The van der Waals surface area contributed by atoms with E-state index in [1.54, 1.807) is 20.8 Å². The van der Waals surface area contributed by atoms with Gasteiger partial charge in [0.15, 0.2) is 5.78 Å². The highest BCUT2D eigenvalue weighted by molar-refractivity contribution is 7.99. The van der Waals surface area contributed by atoms with Gasteiger partial charge in [-0.25, -0.2) is 0 Å². The Hall–Kier alpha value is -1.00. The van der Waals surface area contributed by atoms with E-state index in [0.29, 0.717) is 10.8 Å². The van der Waals surface area contributed by atoms with E-state index in [2.05, 4.69) is 0 Å². The molecule has 0 saturated heterocycles. The minimum absolute atomic E-state index is 0.116. The van der Waals surface area contributed by atoms with Crippen LogP contribution in [0.1, 0.15) is 26.3 Å². The summed E-state index contributed by atoms with van der Waals surface area (Å²) >= 11 is 7.29. The fraction of sp³-hybridized carbons (Fsp3) is 0.467. The van der Waals surface area contributed by atoms with Gasteiger partial charge >= 0.3 is 5.97 Å². The zero-order valence-electron chi connectivity index (χ0n) is 11.9. The average Bonchev–Trinajstić information content (AvgIpc) is 2.41. The molecule has 0 spiro atoms. The minimum Gasteiger partial charge on any atom is -0.465 e. The summed E-state index contributed by atoms with van der Waals surface area (Å²) in [7, 11) is 0. The second-order valence-corrected chi connectivity index (χ2v) is 6.31. The maximum atomic E-state index is 12.1. The number of rotatable bonds is 7. The number of carbonyl (C=O) groups excluding carboxylic acids is 2. The van der Waals surface area contributed by atoms with Crippen LogP contribution in [0.4, 0.5) is 0 Å². The standard InChI is InChI=1S/C15H19ClO3S/c1-4-19-14(18)15(2,3)13(17)10-20-9-11-5-7-12(16)8-6-11/h5-8H,4,9-10H2,1-3H3. The number of carbonyl (C=O) groups is 2. The first kappa shape index (κ1) is 17.1. The molecule has 0 N–H and O–H groups in total. The summed E-state index contributed by atoms with van der Waals surface area (Å²) in [6.07, 6.45) is 0. The van der Waals surface area contributed by atoms with Crippen LogP contribution in [0.5, 0.6) is 0 Å². The number of Topliss-reactive ketones (excluding diaryl/α,β-unsaturated/α-hetero) is 1. The Morgan fingerprint density at radius 3 is 2.40 bits per heavy atom. The molecule has 5 heteroatoms. The molecule has 0 aromatic heterocycles. The van der Waals surface area contributed by atoms with Crippen molar-refractivity contribution in [2.24, 2.45) is 5.41 Å². The van der Waals surface area contributed by atoms with Crippen molar-refractivity contribution in [2.75, 3.05) is 12.4 Å². The second-order valence-electron chi connectivity index (χ2n) is 4.89. The van der Waals surface area contributed by atoms with Crippen LogP contribution in [0.3, 0.4) is 0 Å². The number of ether oxygens (including phenoxy) is 1. The summed E-state index contributed by atoms with van der Waals surface area (Å²) in [4.78, 5) is 23.8. The van der Waals surface area contributed by atoms with E-state index in [9.17, 15) is 9.59 Å². The lowest BCUT2D eigenvalue weighted by atomic mass is 9.89. The molecule has 110 valence electrons. The number of hydrogen-bond donors (Lipinski definition) is 0. The Kier molecular flexibility index (Phi) is 6.56. The number of benzene rings is 1. The van der Waals surface area contributed by atoms with E-state index in [0.717, 1.165) is 5.56 Å². The molecule has 0 aliphatic heterocycles. The number of ketones is 1. The number of thioether (sulfide) groups is 1. The van der Waals surface area contributed by atoms with E-state index < -0.39 is 11.4 Å². The smallest absolute Gasteiger partial charge is 0.319 e. The van der Waals surface area contributed by atoms with E-state index in [4.69, 9.17) is 16.3 Å². The highest BCUT2D eigenvalue weighted by Crippen LogP contribution is 2.23. The first-order chi connectivity index (χ1) is 9.37. The van der Waals surface area contributed by atoms with Gasteiger partial charge in [-0.3, -0.25) is 9.59 Å². The molecule has 20 heavy (non-hydrogen) atoms. The van der Waals surface area contributed by atoms with Crippen LogP contribution in [-0.4, -0.2) is 24.1 Å². The molecule has 0 bridgehead atoms. The van der Waals surface area contributed by atoms with Crippen LogP contribution in [0.2, 0.25) is 5.02 Å². The molecule has 0 saturated carbocycles. The van der Waals surface area contributed by atoms with Gasteiger partial charge in [0.1, 0.15) is 5.41 Å². The Labute approximate surface area is 129 Å². The van der Waals surface area contributed by atoms with Crippen molar-refractivity contribution in [3.05, 3.63) is 34.9 Å². The van der Waals surface area contributed by atoms with Gasteiger partial charge in [0.25, 0.3) is 0 Å². The lowest BCUT2D eigenvalue weighted by Crippen LogP contribution is -2.36. The Morgan fingerprint density at radius 2 is 1.85 bits per heavy atom. The largest absolute Gasteiger partial charge is 0.465 e. The van der Waals surface area contributed by atoms with E-state index in [1.165, 1.54) is 11.8 Å². The minimum atomic E-state index is -1.08. The van der Waals surface area contributed by atoms with Gasteiger partial charge in [0.2, 0.25) is 0 Å². The molecule has 0 aliphatic rings. The predicted octanol–water partition coefficient (Wildman–Crippen LogP) is 3.73. The van der Waals surface area contributed by atoms with Gasteiger partial charge in [0, 0.05) is 10.8 Å². The molecule has 0 unspecified atom stereocenters. The van der Waals surface area contributed by atoms with Crippen molar-refractivity contribution in [1.29, 1.82) is 0 Å². The summed E-state index contributed by atoms with van der Waals surface area (Å²) in [5.41, 5.74) is 0.0179. The van der Waals surface area contributed by atoms with Crippen molar-refractivity contribution in [3.63, 3.8) is 0 Å². The maximum absolute atomic E-state index is 12.1. The Morgan fingerprint density at radius 1 is 1.25 bits per heavy atom. The molecule has 3 nitrogen and oxygen atoms in total. The first-order valence-electron chi connectivity index (χ1n) is 6.40. The molecule has 0 fully saturated rings. The molecule has 0 atom stereocenters. The Bertz CT molecular complexity index is 469. The summed E-state index contributed by atoms with van der Waals surface area (Å²) in [5, 5.41) is 0.693. The third kappa shape index (κ3) is 4.84. The summed E-state index contributed by atoms with van der Waals surface area (Å²) in [6.45, 7) is 5.23. The van der Waals surface area contributed by atoms with Gasteiger partial charge < -0.3 is 4.74 Å². The second kappa shape index (κ2) is 7.70. The zero-order chi connectivity index (χ0) is 15.2. The van der Waals surface area contributed by atoms with Crippen molar-refractivity contribution in [3.8, 4) is 0 Å². The zero-order valence-corrected chi connectivity index (χ0v) is 13.5. The van der Waals surface area contributed by atoms with Gasteiger partial charge in [-0.05, 0) is 38.5 Å². The average molecular weight is 315 g/mol. The van der Waals surface area contributed by atoms with Crippen molar-refractivity contribution in [2.45, 2.75) is 26.5 Å². The maximum Gasteiger partial charge on any atom is 0.319 e. The van der Waals surface area contributed by atoms with Crippen LogP contribution in [0, 0.1) is 5.41 Å². The molecular weight excluding hydrogens is 296 g/mol. The summed E-state index contributed by atoms with van der Waals surface area (Å²) < 4.78 is 4.92. The monoisotopic (exact) mass is 314 g/mol. The molecule has 1 aromatic carbocycles. The van der Waals surface area contributed by atoms with E-state index in [1.807, 2.05) is 24.3 Å². The highest BCUT2D eigenvalue weighted by atomic mass is 35.5. The van der Waals surface area contributed by atoms with Crippen LogP contribution >= 0.6 is 23.4 Å². The van der Waals surface area contributed by atoms with Gasteiger partial charge in [-0.15, -0.1) is 11.8 Å². The third-order valence-electron chi connectivity index (χ3n) is 2.90. The fourth-order valence-corrected chi connectivity index (χ4v) is 2.65. The van der Waals surface area contributed by atoms with E-state index >= 15 is 0 Å². The quantitative estimate of drug-likeness (QED) is 0.568. The highest BCUT2D eigenvalue weighted by Gasteiger charge is 2.36. The van der Waals surface area contributed by atoms with Crippen LogP contribution in [0.15, 0.2) is 24.3 Å². The first-order valence-corrected chi connectivity index (χ1v) is 7.94. The summed E-state index contributed by atoms with van der Waals surface area (Å²) in [6, 6.07) is 7.50. The SMILES string of the molecule is CCOC(=O)C(C)(C)C(=O)CSCc1ccc(Cl)cc1. The van der Waals surface area contributed by atoms with Crippen LogP contribution < -0.4 is 0 Å². The Balaban J connectivity index is 2.46. The lowest BCUT2D eigenvalue weighted by molar-refractivity contribution is -0.157. The molecule has 0 aliphatic carbocycles. The van der Waals surface area contributed by atoms with Crippen LogP contribution in [0.25, 0.3) is 0 Å². The molecule has 0 radical (unpaired) electrons. The predicted molar refractivity (Wildman–Crippen MR) is 83.0 cm³/mol. The third-order valence-corrected chi connectivity index (χ3v) is 4.15. The number of halogens is 1.